The van der Waals surface area contributed by atoms with Gasteiger partial charge in [-0.2, -0.15) is 5.26 Å². The van der Waals surface area contributed by atoms with Crippen LogP contribution in [0.15, 0.2) is 0 Å². The SMILES string of the molecule is CC(C)C[C@@H](OC(N)=O)C(=O)NN1CCC[C@@H]1C#N. The van der Waals surface area contributed by atoms with Gasteiger partial charge in [-0.25, -0.2) is 9.80 Å². The highest BCUT2D eigenvalue weighted by molar-refractivity contribution is 5.82. The molecule has 2 atom stereocenters. The number of primary amides is 1. The van der Waals surface area contributed by atoms with Crippen molar-refractivity contribution in [3.05, 3.63) is 0 Å². The summed E-state index contributed by atoms with van der Waals surface area (Å²) >= 11 is 0. The lowest BCUT2D eigenvalue weighted by molar-refractivity contribution is -0.135. The summed E-state index contributed by atoms with van der Waals surface area (Å²) in [4.78, 5) is 22.8. The van der Waals surface area contributed by atoms with Gasteiger partial charge in [0.25, 0.3) is 5.91 Å². The number of rotatable bonds is 5. The number of ether oxygens (including phenoxy) is 1. The van der Waals surface area contributed by atoms with Gasteiger partial charge in [-0.05, 0) is 25.2 Å². The van der Waals surface area contributed by atoms with E-state index in [-0.39, 0.29) is 12.0 Å². The van der Waals surface area contributed by atoms with E-state index in [1.807, 2.05) is 13.8 Å². The lowest BCUT2D eigenvalue weighted by Gasteiger charge is -2.24. The van der Waals surface area contributed by atoms with Crippen molar-refractivity contribution in [2.45, 2.75) is 45.3 Å². The predicted octanol–water partition coefficient (Wildman–Crippen LogP) is 0.516. The first-order chi connectivity index (χ1) is 8.93. The summed E-state index contributed by atoms with van der Waals surface area (Å²) in [5.74, 6) is -0.255. The van der Waals surface area contributed by atoms with Crippen molar-refractivity contribution < 1.29 is 14.3 Å². The second-order valence-electron chi connectivity index (χ2n) is 5.01. The Kier molecular flexibility index (Phi) is 5.57. The molecule has 0 unspecified atom stereocenters. The van der Waals surface area contributed by atoms with E-state index in [1.165, 1.54) is 0 Å². The molecular formula is C12H20N4O3. The Morgan fingerprint density at radius 1 is 1.58 bits per heavy atom. The van der Waals surface area contributed by atoms with Crippen LogP contribution >= 0.6 is 0 Å². The van der Waals surface area contributed by atoms with Gasteiger partial charge in [-0.1, -0.05) is 13.8 Å². The zero-order chi connectivity index (χ0) is 14.4. The van der Waals surface area contributed by atoms with E-state index in [1.54, 1.807) is 5.01 Å². The molecule has 0 bridgehead atoms. The summed E-state index contributed by atoms with van der Waals surface area (Å²) in [5, 5.41) is 10.5. The fourth-order valence-corrected chi connectivity index (χ4v) is 2.03. The Bertz CT molecular complexity index is 378. The molecule has 1 rings (SSSR count). The highest BCUT2D eigenvalue weighted by Gasteiger charge is 2.30. The van der Waals surface area contributed by atoms with Crippen LogP contribution in [0.5, 0.6) is 0 Å². The average Bonchev–Trinajstić information content (AvgIpc) is 2.74. The first-order valence-electron chi connectivity index (χ1n) is 6.37. The molecule has 1 aliphatic rings. The fourth-order valence-electron chi connectivity index (χ4n) is 2.03. The van der Waals surface area contributed by atoms with Crippen LogP contribution in [0.4, 0.5) is 4.79 Å². The standard InChI is InChI=1S/C12H20N4O3/c1-8(2)6-10(19-12(14)18)11(17)15-16-5-3-4-9(16)7-13/h8-10H,3-6H2,1-2H3,(H2,14,18)(H,15,17)/t9-,10-/m1/s1. The van der Waals surface area contributed by atoms with E-state index < -0.39 is 18.1 Å². The lowest BCUT2D eigenvalue weighted by atomic mass is 10.1. The van der Waals surface area contributed by atoms with Crippen LogP contribution in [0.3, 0.4) is 0 Å². The second kappa shape index (κ2) is 6.95. The van der Waals surface area contributed by atoms with Crippen LogP contribution < -0.4 is 11.2 Å². The van der Waals surface area contributed by atoms with Gasteiger partial charge in [-0.15, -0.1) is 0 Å². The van der Waals surface area contributed by atoms with Gasteiger partial charge in [0, 0.05) is 6.54 Å². The maximum Gasteiger partial charge on any atom is 0.405 e. The van der Waals surface area contributed by atoms with Gasteiger partial charge in [0.1, 0.15) is 6.04 Å². The van der Waals surface area contributed by atoms with Crippen LogP contribution in [0.25, 0.3) is 0 Å². The van der Waals surface area contributed by atoms with Gasteiger partial charge in [0.2, 0.25) is 0 Å². The molecule has 0 aromatic heterocycles. The van der Waals surface area contributed by atoms with Crippen molar-refractivity contribution in [3.63, 3.8) is 0 Å². The molecule has 1 heterocycles. The summed E-state index contributed by atoms with van der Waals surface area (Å²) in [6.45, 7) is 4.45. The molecule has 7 heteroatoms. The molecule has 0 aromatic rings. The minimum absolute atomic E-state index is 0.181. The Morgan fingerprint density at radius 2 is 2.26 bits per heavy atom. The van der Waals surface area contributed by atoms with E-state index >= 15 is 0 Å². The normalized spacial score (nSPS) is 20.8. The molecular weight excluding hydrogens is 248 g/mol. The molecule has 0 aromatic carbocycles. The van der Waals surface area contributed by atoms with E-state index in [0.29, 0.717) is 13.0 Å². The molecule has 19 heavy (non-hydrogen) atoms. The monoisotopic (exact) mass is 268 g/mol. The molecule has 1 aliphatic heterocycles. The highest BCUT2D eigenvalue weighted by atomic mass is 16.6. The number of carbonyl (C=O) groups is 2. The number of nitriles is 1. The van der Waals surface area contributed by atoms with Gasteiger partial charge in [0.05, 0.1) is 6.07 Å². The van der Waals surface area contributed by atoms with Crippen molar-refractivity contribution in [2.75, 3.05) is 6.54 Å². The first kappa shape index (κ1) is 15.2. The number of hydrogen-bond donors (Lipinski definition) is 2. The predicted molar refractivity (Wildman–Crippen MR) is 67.4 cm³/mol. The summed E-state index contributed by atoms with van der Waals surface area (Å²) in [6.07, 6.45) is 0.0723. The molecule has 1 fully saturated rings. The molecule has 2 amide bonds. The summed E-state index contributed by atoms with van der Waals surface area (Å²) < 4.78 is 4.82. The Labute approximate surface area is 112 Å². The van der Waals surface area contributed by atoms with E-state index in [9.17, 15) is 9.59 Å². The molecule has 1 saturated heterocycles. The molecule has 0 radical (unpaired) electrons. The Morgan fingerprint density at radius 3 is 2.79 bits per heavy atom. The Hall–Kier alpha value is -1.81. The third-order valence-electron chi connectivity index (χ3n) is 2.89. The van der Waals surface area contributed by atoms with Crippen molar-refractivity contribution >= 4 is 12.0 Å². The first-order valence-corrected chi connectivity index (χ1v) is 6.37. The van der Waals surface area contributed by atoms with Gasteiger partial charge >= 0.3 is 6.09 Å². The van der Waals surface area contributed by atoms with Crippen molar-refractivity contribution in [3.8, 4) is 6.07 Å². The zero-order valence-electron chi connectivity index (χ0n) is 11.3. The summed E-state index contributed by atoms with van der Waals surface area (Å²) in [5.41, 5.74) is 7.59. The van der Waals surface area contributed by atoms with E-state index in [0.717, 1.165) is 12.8 Å². The largest absolute Gasteiger partial charge is 0.436 e. The van der Waals surface area contributed by atoms with Crippen LogP contribution in [-0.2, 0) is 9.53 Å². The summed E-state index contributed by atoms with van der Waals surface area (Å²) in [6, 6.07) is 1.80. The maximum absolute atomic E-state index is 12.0. The van der Waals surface area contributed by atoms with Gasteiger partial charge < -0.3 is 10.5 Å². The van der Waals surface area contributed by atoms with E-state index in [4.69, 9.17) is 15.7 Å². The number of nitrogens with two attached hydrogens (primary N) is 1. The molecule has 0 spiro atoms. The number of carbonyl (C=O) groups excluding carboxylic acids is 2. The Balaban J connectivity index is 2.60. The smallest absolute Gasteiger partial charge is 0.405 e. The second-order valence-corrected chi connectivity index (χ2v) is 5.01. The van der Waals surface area contributed by atoms with Crippen LogP contribution in [0.1, 0.15) is 33.1 Å². The summed E-state index contributed by atoms with van der Waals surface area (Å²) in [7, 11) is 0. The quantitative estimate of drug-likeness (QED) is 0.755. The van der Waals surface area contributed by atoms with Crippen LogP contribution in [0.2, 0.25) is 0 Å². The fraction of sp³-hybridized carbons (Fsp3) is 0.750. The number of hydrazine groups is 1. The minimum atomic E-state index is -0.973. The van der Waals surface area contributed by atoms with Crippen molar-refractivity contribution in [1.82, 2.24) is 10.4 Å². The zero-order valence-corrected chi connectivity index (χ0v) is 11.3. The minimum Gasteiger partial charge on any atom is -0.436 e. The van der Waals surface area contributed by atoms with Crippen molar-refractivity contribution in [2.24, 2.45) is 11.7 Å². The van der Waals surface area contributed by atoms with Crippen molar-refractivity contribution in [1.29, 1.82) is 5.26 Å². The number of nitrogens with zero attached hydrogens (tertiary/aromatic N) is 2. The average molecular weight is 268 g/mol. The molecule has 3 N–H and O–H groups in total. The van der Waals surface area contributed by atoms with Crippen LogP contribution in [0, 0.1) is 17.2 Å². The third kappa shape index (κ3) is 4.75. The molecule has 7 nitrogen and oxygen atoms in total. The molecule has 0 aliphatic carbocycles. The lowest BCUT2D eigenvalue weighted by Crippen LogP contribution is -2.50. The molecule has 106 valence electrons. The molecule has 0 saturated carbocycles. The number of nitrogens with one attached hydrogen (secondary N) is 1. The van der Waals surface area contributed by atoms with E-state index in [2.05, 4.69) is 11.5 Å². The number of hydrogen-bond acceptors (Lipinski definition) is 5. The number of amides is 2. The highest BCUT2D eigenvalue weighted by Crippen LogP contribution is 2.15. The van der Waals surface area contributed by atoms with Crippen LogP contribution in [-0.4, -0.2) is 35.7 Å². The topological polar surface area (TPSA) is 108 Å². The maximum atomic E-state index is 12.0. The third-order valence-corrected chi connectivity index (χ3v) is 2.89. The van der Waals surface area contributed by atoms with Gasteiger partial charge in [0.15, 0.2) is 6.10 Å². The van der Waals surface area contributed by atoms with Gasteiger partial charge in [-0.3, -0.25) is 10.2 Å².